The summed E-state index contributed by atoms with van der Waals surface area (Å²) in [6.45, 7) is 6.21. The highest BCUT2D eigenvalue weighted by Crippen LogP contribution is 2.75. The molecule has 1 fully saturated rings. The first-order valence-corrected chi connectivity index (χ1v) is 10.5. The third kappa shape index (κ3) is 4.28. The highest BCUT2D eigenvalue weighted by molar-refractivity contribution is 5.90. The van der Waals surface area contributed by atoms with E-state index in [1.165, 1.54) is 6.08 Å². The van der Waals surface area contributed by atoms with Crippen LogP contribution in [0.1, 0.15) is 38.7 Å². The van der Waals surface area contributed by atoms with Crippen molar-refractivity contribution in [3.8, 4) is 11.5 Å². The first kappa shape index (κ1) is 22.8. The highest BCUT2D eigenvalue weighted by atomic mass is 16.5. The predicted molar refractivity (Wildman–Crippen MR) is 119 cm³/mol. The Morgan fingerprint density at radius 1 is 1.10 bits per heavy atom. The fourth-order valence-corrected chi connectivity index (χ4v) is 4.88. The first-order valence-electron chi connectivity index (χ1n) is 10.5. The molecule has 0 saturated heterocycles. The Morgan fingerprint density at radius 3 is 2.42 bits per heavy atom. The molecule has 0 heterocycles. The number of aliphatic carboxylic acids is 1. The Hall–Kier alpha value is -2.92. The minimum Gasteiger partial charge on any atom is -0.481 e. The van der Waals surface area contributed by atoms with E-state index >= 15 is 0 Å². The maximum Gasteiger partial charge on any atom is 0.311 e. The molecular formula is C26H30O5. The van der Waals surface area contributed by atoms with Crippen LogP contribution in [0, 0.1) is 16.7 Å². The van der Waals surface area contributed by atoms with E-state index in [-0.39, 0.29) is 24.0 Å². The molecule has 1 aliphatic carbocycles. The van der Waals surface area contributed by atoms with Crippen molar-refractivity contribution in [3.05, 3.63) is 72.3 Å². The number of carbonyl (C=O) groups excluding carboxylic acids is 1. The SMILES string of the molecule is COCCC(=O)/C=C\[C@@H]1C(C)(C)[C@@]1(C(=O)O)[C@@H](C)c1cccc(Oc2ccccc2)c1. The van der Waals surface area contributed by atoms with Crippen LogP contribution >= 0.6 is 0 Å². The lowest BCUT2D eigenvalue weighted by molar-refractivity contribution is -0.146. The molecule has 0 unspecified atom stereocenters. The maximum atomic E-state index is 12.5. The van der Waals surface area contributed by atoms with Crippen LogP contribution in [-0.2, 0) is 14.3 Å². The summed E-state index contributed by atoms with van der Waals surface area (Å²) in [5.41, 5.74) is -0.603. The Bertz CT molecular complexity index is 963. The number of carboxylic acid groups (broad SMARTS) is 1. The second-order valence-electron chi connectivity index (χ2n) is 8.65. The number of rotatable bonds is 10. The van der Waals surface area contributed by atoms with Gasteiger partial charge >= 0.3 is 5.97 Å². The Labute approximate surface area is 183 Å². The molecule has 0 aliphatic heterocycles. The molecule has 3 rings (SSSR count). The average molecular weight is 423 g/mol. The van der Waals surface area contributed by atoms with E-state index in [9.17, 15) is 14.7 Å². The van der Waals surface area contributed by atoms with Gasteiger partial charge in [-0.15, -0.1) is 0 Å². The molecule has 1 saturated carbocycles. The van der Waals surface area contributed by atoms with Gasteiger partial charge in [0.05, 0.1) is 12.0 Å². The Morgan fingerprint density at radius 2 is 1.77 bits per heavy atom. The molecule has 1 aliphatic rings. The fraction of sp³-hybridized carbons (Fsp3) is 0.385. The van der Waals surface area contributed by atoms with E-state index in [0.717, 1.165) is 11.3 Å². The quantitative estimate of drug-likeness (QED) is 0.514. The van der Waals surface area contributed by atoms with E-state index in [0.29, 0.717) is 12.4 Å². The van der Waals surface area contributed by atoms with Gasteiger partial charge in [0, 0.05) is 19.4 Å². The second kappa shape index (κ2) is 9.06. The van der Waals surface area contributed by atoms with Gasteiger partial charge in [-0.3, -0.25) is 9.59 Å². The highest BCUT2D eigenvalue weighted by Gasteiger charge is 2.76. The number of para-hydroxylation sites is 1. The number of carboxylic acids is 1. The third-order valence-corrected chi connectivity index (χ3v) is 6.65. The first-order chi connectivity index (χ1) is 14.7. The smallest absolute Gasteiger partial charge is 0.311 e. The number of hydrogen-bond donors (Lipinski definition) is 1. The number of hydrogen-bond acceptors (Lipinski definition) is 4. The summed E-state index contributed by atoms with van der Waals surface area (Å²) in [5, 5.41) is 10.3. The van der Waals surface area contributed by atoms with Crippen LogP contribution in [0.5, 0.6) is 11.5 Å². The topological polar surface area (TPSA) is 72.8 Å². The molecule has 1 N–H and O–H groups in total. The third-order valence-electron chi connectivity index (χ3n) is 6.65. The maximum absolute atomic E-state index is 12.5. The van der Waals surface area contributed by atoms with Crippen molar-refractivity contribution in [1.29, 1.82) is 0 Å². The Balaban J connectivity index is 1.86. The van der Waals surface area contributed by atoms with Gasteiger partial charge in [-0.2, -0.15) is 0 Å². The molecule has 2 aromatic carbocycles. The number of benzene rings is 2. The lowest BCUT2D eigenvalue weighted by Gasteiger charge is -2.24. The predicted octanol–water partition coefficient (Wildman–Crippen LogP) is 5.47. The van der Waals surface area contributed by atoms with Crippen LogP contribution in [0.2, 0.25) is 0 Å². The summed E-state index contributed by atoms with van der Waals surface area (Å²) < 4.78 is 10.9. The van der Waals surface area contributed by atoms with Crippen molar-refractivity contribution in [2.24, 2.45) is 16.7 Å². The van der Waals surface area contributed by atoms with Gasteiger partial charge in [0.1, 0.15) is 11.5 Å². The van der Waals surface area contributed by atoms with E-state index in [1.54, 1.807) is 13.2 Å². The number of ether oxygens (including phenoxy) is 2. The number of methoxy groups -OCH3 is 1. The summed E-state index contributed by atoms with van der Waals surface area (Å²) >= 11 is 0. The summed E-state index contributed by atoms with van der Waals surface area (Å²) in [7, 11) is 1.55. The van der Waals surface area contributed by atoms with E-state index < -0.39 is 16.8 Å². The van der Waals surface area contributed by atoms with Crippen molar-refractivity contribution in [2.75, 3.05) is 13.7 Å². The number of ketones is 1. The molecule has 0 spiro atoms. The molecule has 0 bridgehead atoms. The number of carbonyl (C=O) groups is 2. The largest absolute Gasteiger partial charge is 0.481 e. The molecule has 5 nitrogen and oxygen atoms in total. The van der Waals surface area contributed by atoms with Gasteiger partial charge in [-0.1, -0.05) is 57.2 Å². The van der Waals surface area contributed by atoms with Crippen LogP contribution in [0.3, 0.4) is 0 Å². The summed E-state index contributed by atoms with van der Waals surface area (Å²) in [6.07, 6.45) is 3.57. The second-order valence-corrected chi connectivity index (χ2v) is 8.65. The van der Waals surface area contributed by atoms with Gasteiger partial charge in [-0.05, 0) is 47.2 Å². The summed E-state index contributed by atoms with van der Waals surface area (Å²) in [6, 6.07) is 17.1. The molecule has 2 aromatic rings. The lowest BCUT2D eigenvalue weighted by Crippen LogP contribution is -2.28. The van der Waals surface area contributed by atoms with Gasteiger partial charge in [0.2, 0.25) is 0 Å². The van der Waals surface area contributed by atoms with Crippen LogP contribution in [-0.4, -0.2) is 30.6 Å². The molecule has 0 radical (unpaired) electrons. The van der Waals surface area contributed by atoms with Crippen molar-refractivity contribution in [3.63, 3.8) is 0 Å². The van der Waals surface area contributed by atoms with Gasteiger partial charge < -0.3 is 14.6 Å². The van der Waals surface area contributed by atoms with E-state index in [1.807, 2.05) is 75.4 Å². The van der Waals surface area contributed by atoms with E-state index in [4.69, 9.17) is 9.47 Å². The van der Waals surface area contributed by atoms with Crippen LogP contribution in [0.15, 0.2) is 66.7 Å². The fourth-order valence-electron chi connectivity index (χ4n) is 4.88. The zero-order valence-corrected chi connectivity index (χ0v) is 18.5. The zero-order valence-electron chi connectivity index (χ0n) is 18.5. The minimum absolute atomic E-state index is 0.0604. The summed E-state index contributed by atoms with van der Waals surface area (Å²) in [4.78, 5) is 24.6. The molecule has 0 aromatic heterocycles. The zero-order chi connectivity index (χ0) is 22.6. The van der Waals surface area contributed by atoms with Crippen molar-refractivity contribution < 1.29 is 24.2 Å². The van der Waals surface area contributed by atoms with Gasteiger partial charge in [0.25, 0.3) is 0 Å². The molecule has 0 amide bonds. The minimum atomic E-state index is -1.00. The van der Waals surface area contributed by atoms with Crippen LogP contribution in [0.25, 0.3) is 0 Å². The average Bonchev–Trinajstić information content (AvgIpc) is 3.26. The van der Waals surface area contributed by atoms with Crippen molar-refractivity contribution in [1.82, 2.24) is 0 Å². The van der Waals surface area contributed by atoms with Crippen molar-refractivity contribution >= 4 is 11.8 Å². The molecular weight excluding hydrogens is 392 g/mol. The van der Waals surface area contributed by atoms with Gasteiger partial charge in [0.15, 0.2) is 5.78 Å². The molecule has 164 valence electrons. The van der Waals surface area contributed by atoms with Crippen LogP contribution < -0.4 is 4.74 Å². The molecule has 5 heteroatoms. The molecule has 31 heavy (non-hydrogen) atoms. The lowest BCUT2D eigenvalue weighted by atomic mass is 9.79. The van der Waals surface area contributed by atoms with Gasteiger partial charge in [-0.25, -0.2) is 0 Å². The van der Waals surface area contributed by atoms with E-state index in [2.05, 4.69) is 0 Å². The standard InChI is InChI=1S/C26H30O5/c1-18(19-9-8-12-22(17-19)31-21-10-6-5-7-11-21)26(24(28)29)23(25(26,2)3)14-13-20(27)15-16-30-4/h5-14,17-18,23H,15-16H2,1-4H3,(H,28,29)/b14-13-/t18-,23+,26-/m0/s1. The molecule has 3 atom stereocenters. The monoisotopic (exact) mass is 422 g/mol. The van der Waals surface area contributed by atoms with Crippen LogP contribution in [0.4, 0.5) is 0 Å². The normalized spacial score (nSPS) is 22.8. The van der Waals surface area contributed by atoms with Crippen molar-refractivity contribution in [2.45, 2.75) is 33.1 Å². The summed E-state index contributed by atoms with van der Waals surface area (Å²) in [5.74, 6) is -0.0485. The number of allylic oxidation sites excluding steroid dienone is 2. The Kier molecular flexibility index (Phi) is 6.65.